The van der Waals surface area contributed by atoms with E-state index in [4.69, 9.17) is 9.97 Å². The van der Waals surface area contributed by atoms with Gasteiger partial charge in [0.2, 0.25) is 5.95 Å². The second-order valence-electron chi connectivity index (χ2n) is 9.46. The third-order valence-corrected chi connectivity index (χ3v) is 6.63. The first-order chi connectivity index (χ1) is 15.5. The Bertz CT molecular complexity index is 919. The number of aryl methyl sites for hydroxylation is 2. The van der Waals surface area contributed by atoms with Gasteiger partial charge in [0, 0.05) is 37.9 Å². The largest absolute Gasteiger partial charge is 0.362 e. The number of hydrogen-bond acceptors (Lipinski definition) is 5. The van der Waals surface area contributed by atoms with E-state index in [0.717, 1.165) is 56.0 Å². The van der Waals surface area contributed by atoms with Gasteiger partial charge in [-0.3, -0.25) is 0 Å². The quantitative estimate of drug-likeness (QED) is 0.620. The SMILES string of the molecule is Cc1ccc(NC(=O)NC[C@H]2CC[C@@H](Nc3nc4c(c(N(C)C)n3)CCCC4)CC2)cc1. The first-order valence-corrected chi connectivity index (χ1v) is 11.9. The standard InChI is InChI=1S/C25H36N6O/c1-17-8-12-20(13-9-17)28-25(32)26-16-18-10-14-19(15-11-18)27-24-29-22-7-5-4-6-21(22)23(30-24)31(2)3/h8-9,12-13,18-19H,4-7,10-11,14-16H2,1-3H3,(H2,26,28,32)(H,27,29,30)/t18-,19+. The summed E-state index contributed by atoms with van der Waals surface area (Å²) in [6.07, 6.45) is 8.90. The average molecular weight is 437 g/mol. The molecule has 0 radical (unpaired) electrons. The highest BCUT2D eigenvalue weighted by atomic mass is 16.2. The predicted octanol–water partition coefficient (Wildman–Crippen LogP) is 4.52. The van der Waals surface area contributed by atoms with Crippen LogP contribution in [0.15, 0.2) is 24.3 Å². The van der Waals surface area contributed by atoms with E-state index >= 15 is 0 Å². The molecule has 32 heavy (non-hydrogen) atoms. The molecule has 0 unspecified atom stereocenters. The summed E-state index contributed by atoms with van der Waals surface area (Å²) < 4.78 is 0. The van der Waals surface area contributed by atoms with Crippen molar-refractivity contribution in [1.29, 1.82) is 0 Å². The average Bonchev–Trinajstić information content (AvgIpc) is 2.79. The summed E-state index contributed by atoms with van der Waals surface area (Å²) in [4.78, 5) is 24.0. The lowest BCUT2D eigenvalue weighted by molar-refractivity contribution is 0.246. The van der Waals surface area contributed by atoms with Crippen molar-refractivity contribution in [3.63, 3.8) is 0 Å². The van der Waals surface area contributed by atoms with Crippen LogP contribution in [0.1, 0.15) is 55.3 Å². The zero-order chi connectivity index (χ0) is 22.5. The number of nitrogens with one attached hydrogen (secondary N) is 3. The van der Waals surface area contributed by atoms with E-state index in [9.17, 15) is 4.79 Å². The molecule has 0 bridgehead atoms. The Labute approximate surface area is 191 Å². The molecule has 0 atom stereocenters. The minimum atomic E-state index is -0.132. The van der Waals surface area contributed by atoms with Gasteiger partial charge in [0.05, 0.1) is 5.69 Å². The van der Waals surface area contributed by atoms with E-state index in [1.54, 1.807) is 0 Å². The highest BCUT2D eigenvalue weighted by Crippen LogP contribution is 2.30. The third kappa shape index (κ3) is 5.69. The van der Waals surface area contributed by atoms with Crippen molar-refractivity contribution < 1.29 is 4.79 Å². The predicted molar refractivity (Wildman–Crippen MR) is 131 cm³/mol. The van der Waals surface area contributed by atoms with Gasteiger partial charge >= 0.3 is 6.03 Å². The summed E-state index contributed by atoms with van der Waals surface area (Å²) in [5, 5.41) is 9.54. The number of carbonyl (C=O) groups is 1. The lowest BCUT2D eigenvalue weighted by atomic mass is 9.86. The van der Waals surface area contributed by atoms with Crippen molar-refractivity contribution in [3.8, 4) is 0 Å². The van der Waals surface area contributed by atoms with Gasteiger partial charge in [0.25, 0.3) is 0 Å². The molecular weight excluding hydrogens is 400 g/mol. The van der Waals surface area contributed by atoms with E-state index in [0.29, 0.717) is 18.5 Å². The van der Waals surface area contributed by atoms with E-state index in [-0.39, 0.29) is 6.03 Å². The summed E-state index contributed by atoms with van der Waals surface area (Å²) >= 11 is 0. The van der Waals surface area contributed by atoms with Crippen LogP contribution in [0.5, 0.6) is 0 Å². The van der Waals surface area contributed by atoms with Crippen LogP contribution in [0, 0.1) is 12.8 Å². The first-order valence-electron chi connectivity index (χ1n) is 11.9. The van der Waals surface area contributed by atoms with Crippen molar-refractivity contribution in [1.82, 2.24) is 15.3 Å². The molecule has 7 heteroatoms. The fourth-order valence-electron chi connectivity index (χ4n) is 4.75. The highest BCUT2D eigenvalue weighted by Gasteiger charge is 2.24. The second kappa shape index (κ2) is 10.2. The van der Waals surface area contributed by atoms with Gasteiger partial charge in [-0.25, -0.2) is 9.78 Å². The Morgan fingerprint density at radius 1 is 1.03 bits per heavy atom. The molecule has 7 nitrogen and oxygen atoms in total. The molecule has 1 aromatic carbocycles. The van der Waals surface area contributed by atoms with Crippen LogP contribution in [0.3, 0.4) is 0 Å². The molecule has 0 spiro atoms. The molecule has 1 saturated carbocycles. The molecule has 2 amide bonds. The van der Waals surface area contributed by atoms with E-state index in [1.807, 2.05) is 31.2 Å². The lowest BCUT2D eigenvalue weighted by Crippen LogP contribution is -2.36. The van der Waals surface area contributed by atoms with Gasteiger partial charge in [0.1, 0.15) is 5.82 Å². The summed E-state index contributed by atoms with van der Waals surface area (Å²) in [7, 11) is 4.13. The van der Waals surface area contributed by atoms with Gasteiger partial charge in [0.15, 0.2) is 0 Å². The van der Waals surface area contributed by atoms with E-state index in [2.05, 4.69) is 34.9 Å². The van der Waals surface area contributed by atoms with E-state index < -0.39 is 0 Å². The Morgan fingerprint density at radius 3 is 2.47 bits per heavy atom. The number of amides is 2. The van der Waals surface area contributed by atoms with Gasteiger partial charge in [-0.1, -0.05) is 17.7 Å². The third-order valence-electron chi connectivity index (χ3n) is 6.63. The second-order valence-corrected chi connectivity index (χ2v) is 9.46. The van der Waals surface area contributed by atoms with Crippen LogP contribution in [0.25, 0.3) is 0 Å². The number of carbonyl (C=O) groups excluding carboxylic acids is 1. The van der Waals surface area contributed by atoms with Crippen molar-refractivity contribution in [2.24, 2.45) is 5.92 Å². The Balaban J connectivity index is 1.25. The maximum absolute atomic E-state index is 12.2. The number of nitrogens with zero attached hydrogens (tertiary/aromatic N) is 3. The number of fused-ring (bicyclic) bond motifs is 1. The molecule has 1 fully saturated rings. The number of anilines is 3. The van der Waals surface area contributed by atoms with Gasteiger partial charge in [-0.05, 0) is 76.3 Å². The van der Waals surface area contributed by atoms with Gasteiger partial charge < -0.3 is 20.9 Å². The first kappa shape index (κ1) is 22.4. The highest BCUT2D eigenvalue weighted by molar-refractivity contribution is 5.89. The monoisotopic (exact) mass is 436 g/mol. The Morgan fingerprint density at radius 2 is 1.75 bits per heavy atom. The fourth-order valence-corrected chi connectivity index (χ4v) is 4.75. The number of rotatable bonds is 6. The smallest absolute Gasteiger partial charge is 0.319 e. The van der Waals surface area contributed by atoms with Crippen molar-refractivity contribution in [3.05, 3.63) is 41.1 Å². The van der Waals surface area contributed by atoms with Crippen molar-refractivity contribution in [2.45, 2.75) is 64.3 Å². The molecule has 2 aliphatic rings. The van der Waals surface area contributed by atoms with Crippen molar-refractivity contribution >= 4 is 23.5 Å². The summed E-state index contributed by atoms with van der Waals surface area (Å²) in [6.45, 7) is 2.75. The Hall–Kier alpha value is -2.83. The lowest BCUT2D eigenvalue weighted by Gasteiger charge is -2.30. The maximum atomic E-state index is 12.2. The fraction of sp³-hybridized carbons (Fsp3) is 0.560. The molecule has 172 valence electrons. The maximum Gasteiger partial charge on any atom is 0.319 e. The van der Waals surface area contributed by atoms with Crippen LogP contribution in [-0.4, -0.2) is 42.7 Å². The molecule has 2 aliphatic carbocycles. The molecule has 1 aromatic heterocycles. The number of aromatic nitrogens is 2. The van der Waals surface area contributed by atoms with Crippen LogP contribution in [0.2, 0.25) is 0 Å². The van der Waals surface area contributed by atoms with Gasteiger partial charge in [-0.15, -0.1) is 0 Å². The Kier molecular flexibility index (Phi) is 7.12. The molecule has 4 rings (SSSR count). The number of benzene rings is 1. The molecule has 0 aliphatic heterocycles. The van der Waals surface area contributed by atoms with Crippen LogP contribution in [0.4, 0.5) is 22.2 Å². The minimum absolute atomic E-state index is 0.132. The van der Waals surface area contributed by atoms with Crippen LogP contribution < -0.4 is 20.9 Å². The molecule has 0 saturated heterocycles. The molecule has 3 N–H and O–H groups in total. The molecule has 1 heterocycles. The normalized spacial score (nSPS) is 20.2. The number of urea groups is 1. The molecule has 2 aromatic rings. The summed E-state index contributed by atoms with van der Waals surface area (Å²) in [5.41, 5.74) is 4.55. The topological polar surface area (TPSA) is 82.2 Å². The zero-order valence-corrected chi connectivity index (χ0v) is 19.6. The summed E-state index contributed by atoms with van der Waals surface area (Å²) in [5.74, 6) is 2.35. The van der Waals surface area contributed by atoms with Gasteiger partial charge in [-0.2, -0.15) is 4.98 Å². The van der Waals surface area contributed by atoms with Crippen LogP contribution >= 0.6 is 0 Å². The summed E-state index contributed by atoms with van der Waals surface area (Å²) in [6, 6.07) is 8.11. The van der Waals surface area contributed by atoms with Crippen molar-refractivity contribution in [2.75, 3.05) is 36.2 Å². The van der Waals surface area contributed by atoms with E-state index in [1.165, 1.54) is 29.7 Å². The zero-order valence-electron chi connectivity index (χ0n) is 19.6. The minimum Gasteiger partial charge on any atom is -0.362 e. The van der Waals surface area contributed by atoms with Crippen LogP contribution in [-0.2, 0) is 12.8 Å². The number of hydrogen-bond donors (Lipinski definition) is 3. The molecular formula is C25H36N6O.